The molecule has 2 aliphatic heterocycles. The maximum atomic E-state index is 12.8. The van der Waals surface area contributed by atoms with E-state index in [1.54, 1.807) is 19.1 Å². The van der Waals surface area contributed by atoms with E-state index in [1.165, 1.54) is 27.7 Å². The smallest absolute Gasteiger partial charge is 0.303 e. The third kappa shape index (κ3) is 8.62. The third-order valence-electron chi connectivity index (χ3n) is 9.18. The van der Waals surface area contributed by atoms with Gasteiger partial charge in [0.2, 0.25) is 12.4 Å². The Labute approximate surface area is 308 Å². The minimum Gasteiger partial charge on any atom is -0.461 e. The van der Waals surface area contributed by atoms with Crippen LogP contribution in [0.1, 0.15) is 93.4 Å². The van der Waals surface area contributed by atoms with Crippen molar-refractivity contribution in [3.05, 3.63) is 82.4 Å². The molecule has 0 bridgehead atoms. The van der Waals surface area contributed by atoms with Crippen molar-refractivity contribution in [1.29, 1.82) is 0 Å². The van der Waals surface area contributed by atoms with Crippen molar-refractivity contribution in [2.75, 3.05) is 18.0 Å². The predicted molar refractivity (Wildman–Crippen MR) is 191 cm³/mol. The van der Waals surface area contributed by atoms with Crippen LogP contribution < -0.4 is 14.4 Å². The molecular formula is C40H45NO12. The van der Waals surface area contributed by atoms with E-state index in [1.807, 2.05) is 42.5 Å². The number of carbonyl (C=O) groups excluding carboxylic acids is 5. The van der Waals surface area contributed by atoms with Crippen LogP contribution in [0.4, 0.5) is 5.69 Å². The van der Waals surface area contributed by atoms with Gasteiger partial charge in [-0.15, -0.1) is 0 Å². The monoisotopic (exact) mass is 731 g/mol. The molecule has 1 unspecified atom stereocenters. The number of hydrogen-bond acceptors (Lipinski definition) is 13. The normalized spacial score (nSPS) is 21.5. The number of benzene rings is 3. The van der Waals surface area contributed by atoms with E-state index >= 15 is 0 Å². The summed E-state index contributed by atoms with van der Waals surface area (Å²) >= 11 is 0. The molecule has 13 nitrogen and oxygen atoms in total. The Bertz CT molecular complexity index is 1850. The second-order valence-electron chi connectivity index (χ2n) is 12.7. The second kappa shape index (κ2) is 16.9. The van der Waals surface area contributed by atoms with Gasteiger partial charge in [-0.3, -0.25) is 24.0 Å². The van der Waals surface area contributed by atoms with Gasteiger partial charge in [-0.25, -0.2) is 0 Å². The zero-order valence-corrected chi connectivity index (χ0v) is 30.9. The quantitative estimate of drug-likeness (QED) is 0.0898. The molecule has 0 spiro atoms. The summed E-state index contributed by atoms with van der Waals surface area (Å²) in [5, 5.41) is 0. The first-order chi connectivity index (χ1) is 25.4. The maximum Gasteiger partial charge on any atom is 0.303 e. The van der Waals surface area contributed by atoms with E-state index in [-0.39, 0.29) is 17.9 Å². The Morgan fingerprint density at radius 2 is 1.38 bits per heavy atom. The largest absolute Gasteiger partial charge is 0.461 e. The van der Waals surface area contributed by atoms with E-state index < -0.39 is 60.5 Å². The van der Waals surface area contributed by atoms with Gasteiger partial charge in [0, 0.05) is 75.6 Å². The van der Waals surface area contributed by atoms with Gasteiger partial charge in [0.25, 0.3) is 0 Å². The van der Waals surface area contributed by atoms with Crippen LogP contribution in [0.5, 0.6) is 17.2 Å². The van der Waals surface area contributed by atoms with Crippen LogP contribution in [0, 0.1) is 0 Å². The summed E-state index contributed by atoms with van der Waals surface area (Å²) in [6.07, 6.45) is -5.11. The minimum atomic E-state index is -1.40. The van der Waals surface area contributed by atoms with Crippen molar-refractivity contribution in [2.24, 2.45) is 0 Å². The van der Waals surface area contributed by atoms with Crippen LogP contribution in [0.15, 0.2) is 54.6 Å². The molecule has 1 saturated heterocycles. The number of esters is 4. The molecule has 1 fully saturated rings. The standard InChI is InChI=1S/C40H45NO12/c1-8-32-37(48-23(5)44)38(49-24(6)45)39(50-25(7)46)40(52-32)53-33-19-35-31(17-27(33)20-42)36(29-14-12-11-13-26(29)21-47-22(4)43)30-16-15-28(18-34(30)51-35)41(9-2)10-3/h11-20,32,36-40H,8-10,21H2,1-7H3/t32-,36?,37+,38+,39-,40+/m1/s1. The van der Waals surface area contributed by atoms with Gasteiger partial charge in [-0.05, 0) is 43.5 Å². The number of anilines is 1. The Hall–Kier alpha value is -5.43. The Balaban J connectivity index is 1.64. The lowest BCUT2D eigenvalue weighted by atomic mass is 9.80. The first-order valence-corrected chi connectivity index (χ1v) is 17.6. The molecule has 282 valence electrons. The summed E-state index contributed by atoms with van der Waals surface area (Å²) in [5.41, 5.74) is 4.19. The topological polar surface area (TPSA) is 153 Å². The second-order valence-corrected chi connectivity index (χ2v) is 12.7. The number of fused-ring (bicyclic) bond motifs is 2. The molecule has 6 atom stereocenters. The molecule has 0 aliphatic carbocycles. The Morgan fingerprint density at radius 3 is 2.00 bits per heavy atom. The lowest BCUT2D eigenvalue weighted by molar-refractivity contribution is -0.284. The van der Waals surface area contributed by atoms with E-state index in [2.05, 4.69) is 18.7 Å². The van der Waals surface area contributed by atoms with Crippen LogP contribution >= 0.6 is 0 Å². The van der Waals surface area contributed by atoms with Crippen LogP contribution in [0.25, 0.3) is 0 Å². The van der Waals surface area contributed by atoms with Crippen molar-refractivity contribution in [2.45, 2.75) is 98.1 Å². The van der Waals surface area contributed by atoms with Gasteiger partial charge in [0.15, 0.2) is 18.5 Å². The highest BCUT2D eigenvalue weighted by Gasteiger charge is 2.52. The summed E-state index contributed by atoms with van der Waals surface area (Å²) in [4.78, 5) is 63.5. The summed E-state index contributed by atoms with van der Waals surface area (Å²) in [7, 11) is 0. The third-order valence-corrected chi connectivity index (χ3v) is 9.18. The number of aldehydes is 1. The lowest BCUT2D eigenvalue weighted by Crippen LogP contribution is -2.62. The molecule has 0 aromatic heterocycles. The van der Waals surface area contributed by atoms with Crippen molar-refractivity contribution >= 4 is 35.9 Å². The molecule has 5 rings (SSSR count). The highest BCUT2D eigenvalue weighted by molar-refractivity contribution is 5.82. The fraction of sp³-hybridized carbons (Fsp3) is 0.425. The summed E-state index contributed by atoms with van der Waals surface area (Å²) < 4.78 is 41.3. The Morgan fingerprint density at radius 1 is 0.736 bits per heavy atom. The van der Waals surface area contributed by atoms with Crippen molar-refractivity contribution < 1.29 is 57.1 Å². The molecule has 0 amide bonds. The van der Waals surface area contributed by atoms with Crippen LogP contribution in [0.3, 0.4) is 0 Å². The summed E-state index contributed by atoms with van der Waals surface area (Å²) in [5.74, 6) is -1.96. The van der Waals surface area contributed by atoms with Gasteiger partial charge in [-0.2, -0.15) is 0 Å². The predicted octanol–water partition coefficient (Wildman–Crippen LogP) is 6.00. The zero-order valence-electron chi connectivity index (χ0n) is 30.9. The number of nitrogens with zero attached hydrogens (tertiary/aromatic N) is 1. The van der Waals surface area contributed by atoms with Gasteiger partial charge >= 0.3 is 23.9 Å². The number of carbonyl (C=O) groups is 5. The zero-order chi connectivity index (χ0) is 38.4. The average Bonchev–Trinajstić information content (AvgIpc) is 3.11. The molecule has 53 heavy (non-hydrogen) atoms. The average molecular weight is 732 g/mol. The fourth-order valence-electron chi connectivity index (χ4n) is 6.89. The van der Waals surface area contributed by atoms with Crippen LogP contribution in [-0.2, 0) is 49.5 Å². The molecule has 13 heteroatoms. The molecule has 2 aliphatic rings. The molecule has 0 saturated carbocycles. The summed E-state index contributed by atoms with van der Waals surface area (Å²) in [6, 6.07) is 16.8. The summed E-state index contributed by atoms with van der Waals surface area (Å²) in [6.45, 7) is 12.4. The number of rotatable bonds is 13. The highest BCUT2D eigenvalue weighted by atomic mass is 16.7. The number of ether oxygens (including phenoxy) is 7. The first kappa shape index (κ1) is 38.8. The van der Waals surface area contributed by atoms with Gasteiger partial charge in [0.1, 0.15) is 30.0 Å². The van der Waals surface area contributed by atoms with Crippen LogP contribution in [-0.4, -0.2) is 74.0 Å². The highest BCUT2D eigenvalue weighted by Crippen LogP contribution is 2.51. The lowest BCUT2D eigenvalue weighted by Gasteiger charge is -2.44. The van der Waals surface area contributed by atoms with E-state index in [4.69, 9.17) is 33.2 Å². The van der Waals surface area contributed by atoms with Gasteiger partial charge < -0.3 is 38.1 Å². The van der Waals surface area contributed by atoms with E-state index in [0.717, 1.165) is 35.5 Å². The molecule has 2 heterocycles. The molecule has 0 radical (unpaired) electrons. The fourth-order valence-corrected chi connectivity index (χ4v) is 6.89. The van der Waals surface area contributed by atoms with Gasteiger partial charge in [-0.1, -0.05) is 37.3 Å². The maximum absolute atomic E-state index is 12.8. The van der Waals surface area contributed by atoms with Gasteiger partial charge in [0.05, 0.1) is 5.56 Å². The Kier molecular flexibility index (Phi) is 12.4. The minimum absolute atomic E-state index is 0.0403. The number of hydrogen-bond donors (Lipinski definition) is 0. The molecule has 0 N–H and O–H groups in total. The van der Waals surface area contributed by atoms with Crippen molar-refractivity contribution in [3.63, 3.8) is 0 Å². The SMILES string of the molecule is CC[C@H]1O[C@@H](Oc2cc3c(cc2C=O)C(c2ccccc2COC(C)=O)c2ccc(N(CC)CC)cc2O3)[C@H](OC(C)=O)[C@@H](OC(C)=O)[C@H]1OC(C)=O. The van der Waals surface area contributed by atoms with Crippen molar-refractivity contribution in [3.8, 4) is 17.2 Å². The van der Waals surface area contributed by atoms with E-state index in [9.17, 15) is 24.0 Å². The van der Waals surface area contributed by atoms with E-state index in [0.29, 0.717) is 29.8 Å². The molecule has 3 aromatic rings. The van der Waals surface area contributed by atoms with Crippen LogP contribution in [0.2, 0.25) is 0 Å². The molecule has 3 aromatic carbocycles. The first-order valence-electron chi connectivity index (χ1n) is 17.6. The molecular weight excluding hydrogens is 686 g/mol. The van der Waals surface area contributed by atoms with Crippen molar-refractivity contribution in [1.82, 2.24) is 0 Å².